The van der Waals surface area contributed by atoms with Crippen LogP contribution in [0.1, 0.15) is 15.9 Å². The molecule has 0 amide bonds. The summed E-state index contributed by atoms with van der Waals surface area (Å²) in [5.41, 5.74) is 2.17. The summed E-state index contributed by atoms with van der Waals surface area (Å²) < 4.78 is 27.4. The molecular formula is C20H17NO4S. The maximum absolute atomic E-state index is 12.5. The number of hydrogen-bond acceptors (Lipinski definition) is 3. The minimum absolute atomic E-state index is 0.0507. The molecule has 0 bridgehead atoms. The van der Waals surface area contributed by atoms with Gasteiger partial charge in [-0.15, -0.1) is 0 Å². The van der Waals surface area contributed by atoms with Crippen molar-refractivity contribution in [3.63, 3.8) is 0 Å². The van der Waals surface area contributed by atoms with Gasteiger partial charge in [0.1, 0.15) is 0 Å². The van der Waals surface area contributed by atoms with Gasteiger partial charge in [0.2, 0.25) is 10.0 Å². The zero-order valence-corrected chi connectivity index (χ0v) is 14.6. The second-order valence-electron chi connectivity index (χ2n) is 5.78. The van der Waals surface area contributed by atoms with Crippen LogP contribution in [0.5, 0.6) is 0 Å². The number of carbonyl (C=O) groups is 1. The number of rotatable bonds is 6. The van der Waals surface area contributed by atoms with Crippen molar-refractivity contribution in [2.24, 2.45) is 0 Å². The van der Waals surface area contributed by atoms with Crippen LogP contribution in [0.25, 0.3) is 11.1 Å². The summed E-state index contributed by atoms with van der Waals surface area (Å²) in [7, 11) is -3.76. The molecule has 0 unspecified atom stereocenters. The average molecular weight is 367 g/mol. The number of nitrogens with one attached hydrogen (secondary N) is 1. The maximum Gasteiger partial charge on any atom is 0.337 e. The monoisotopic (exact) mass is 367 g/mol. The molecule has 0 radical (unpaired) electrons. The fourth-order valence-electron chi connectivity index (χ4n) is 2.62. The van der Waals surface area contributed by atoms with Crippen LogP contribution in [0.3, 0.4) is 0 Å². The summed E-state index contributed by atoms with van der Waals surface area (Å²) in [6, 6.07) is 22.7. The third-order valence-corrected chi connectivity index (χ3v) is 5.07. The maximum atomic E-state index is 12.5. The lowest BCUT2D eigenvalue weighted by Gasteiger charge is -2.13. The molecule has 0 fully saturated rings. The van der Waals surface area contributed by atoms with E-state index in [1.54, 1.807) is 42.5 Å². The molecule has 2 N–H and O–H groups in total. The predicted molar refractivity (Wildman–Crippen MR) is 102 cm³/mol. The number of benzene rings is 3. The van der Waals surface area contributed by atoms with Gasteiger partial charge in [-0.05, 0) is 28.8 Å². The quantitative estimate of drug-likeness (QED) is 0.690. The van der Waals surface area contributed by atoms with Crippen molar-refractivity contribution in [1.29, 1.82) is 0 Å². The summed E-state index contributed by atoms with van der Waals surface area (Å²) in [5, 5.41) is 9.38. The first kappa shape index (κ1) is 17.7. The molecule has 132 valence electrons. The van der Waals surface area contributed by atoms with Crippen LogP contribution in [0.4, 0.5) is 5.69 Å². The molecule has 0 spiro atoms. The highest BCUT2D eigenvalue weighted by molar-refractivity contribution is 7.91. The van der Waals surface area contributed by atoms with Gasteiger partial charge in [-0.3, -0.25) is 4.72 Å². The standard InChI is InChI=1S/C20H17NO4S/c22-20(23)18-12-11-17(16-9-5-2-6-10-16)13-19(18)21-26(24,25)14-15-7-3-1-4-8-15/h1-13,21H,14H2,(H,22,23). The van der Waals surface area contributed by atoms with Gasteiger partial charge in [0.15, 0.2) is 0 Å². The smallest absolute Gasteiger partial charge is 0.337 e. The summed E-state index contributed by atoms with van der Waals surface area (Å²) in [6.45, 7) is 0. The highest BCUT2D eigenvalue weighted by Crippen LogP contribution is 2.27. The van der Waals surface area contributed by atoms with Gasteiger partial charge < -0.3 is 5.11 Å². The first-order valence-corrected chi connectivity index (χ1v) is 9.57. The van der Waals surface area contributed by atoms with E-state index in [0.717, 1.165) is 11.1 Å². The Balaban J connectivity index is 1.95. The Bertz CT molecular complexity index is 1020. The molecule has 0 aliphatic carbocycles. The van der Waals surface area contributed by atoms with Crippen molar-refractivity contribution in [2.75, 3.05) is 4.72 Å². The van der Waals surface area contributed by atoms with Gasteiger partial charge in [0.05, 0.1) is 17.0 Å². The Morgan fingerprint density at radius 2 is 1.46 bits per heavy atom. The van der Waals surface area contributed by atoms with E-state index >= 15 is 0 Å². The van der Waals surface area contributed by atoms with Crippen LogP contribution in [0.2, 0.25) is 0 Å². The molecule has 6 heteroatoms. The Kier molecular flexibility index (Phi) is 5.04. The van der Waals surface area contributed by atoms with E-state index in [0.29, 0.717) is 5.56 Å². The fraction of sp³-hybridized carbons (Fsp3) is 0.0500. The lowest BCUT2D eigenvalue weighted by Crippen LogP contribution is -2.17. The Morgan fingerprint density at radius 3 is 2.08 bits per heavy atom. The SMILES string of the molecule is O=C(O)c1ccc(-c2ccccc2)cc1NS(=O)(=O)Cc1ccccc1. The minimum atomic E-state index is -3.76. The third kappa shape index (κ3) is 4.29. The third-order valence-electron chi connectivity index (χ3n) is 3.82. The topological polar surface area (TPSA) is 83.5 Å². The number of aromatic carboxylic acids is 1. The normalized spacial score (nSPS) is 11.1. The van der Waals surface area contributed by atoms with Crippen molar-refractivity contribution in [2.45, 2.75) is 5.75 Å². The number of carboxylic acid groups (broad SMARTS) is 1. The molecule has 26 heavy (non-hydrogen) atoms. The molecule has 0 heterocycles. The molecule has 0 aromatic heterocycles. The lowest BCUT2D eigenvalue weighted by molar-refractivity contribution is 0.0698. The van der Waals surface area contributed by atoms with Gasteiger partial charge in [0.25, 0.3) is 0 Å². The van der Waals surface area contributed by atoms with Gasteiger partial charge in [-0.25, -0.2) is 13.2 Å². The summed E-state index contributed by atoms with van der Waals surface area (Å²) in [5.74, 6) is -1.43. The highest BCUT2D eigenvalue weighted by atomic mass is 32.2. The van der Waals surface area contributed by atoms with E-state index in [-0.39, 0.29) is 17.0 Å². The lowest BCUT2D eigenvalue weighted by atomic mass is 10.0. The van der Waals surface area contributed by atoms with E-state index in [2.05, 4.69) is 4.72 Å². The highest BCUT2D eigenvalue weighted by Gasteiger charge is 2.18. The van der Waals surface area contributed by atoms with Crippen molar-refractivity contribution in [1.82, 2.24) is 0 Å². The van der Waals surface area contributed by atoms with E-state index in [4.69, 9.17) is 0 Å². The number of sulfonamides is 1. The molecule has 0 aliphatic rings. The van der Waals surface area contributed by atoms with Crippen LogP contribution < -0.4 is 4.72 Å². The van der Waals surface area contributed by atoms with Crippen molar-refractivity contribution in [3.8, 4) is 11.1 Å². The van der Waals surface area contributed by atoms with Crippen LogP contribution >= 0.6 is 0 Å². The van der Waals surface area contributed by atoms with E-state index in [9.17, 15) is 18.3 Å². The van der Waals surface area contributed by atoms with E-state index in [1.807, 2.05) is 30.3 Å². The number of hydrogen-bond donors (Lipinski definition) is 2. The molecule has 5 nitrogen and oxygen atoms in total. The first-order chi connectivity index (χ1) is 12.4. The van der Waals surface area contributed by atoms with Crippen LogP contribution in [0.15, 0.2) is 78.9 Å². The summed E-state index contributed by atoms with van der Waals surface area (Å²) >= 11 is 0. The fourth-order valence-corrected chi connectivity index (χ4v) is 3.83. The first-order valence-electron chi connectivity index (χ1n) is 7.92. The van der Waals surface area contributed by atoms with Crippen molar-refractivity contribution >= 4 is 21.7 Å². The van der Waals surface area contributed by atoms with Crippen molar-refractivity contribution in [3.05, 3.63) is 90.0 Å². The summed E-state index contributed by atoms with van der Waals surface area (Å²) in [4.78, 5) is 11.5. The average Bonchev–Trinajstić information content (AvgIpc) is 2.62. The molecule has 0 atom stereocenters. The zero-order valence-electron chi connectivity index (χ0n) is 13.8. The Hall–Kier alpha value is -3.12. The van der Waals surface area contributed by atoms with E-state index < -0.39 is 16.0 Å². The molecular weight excluding hydrogens is 350 g/mol. The second kappa shape index (κ2) is 7.41. The van der Waals surface area contributed by atoms with Gasteiger partial charge >= 0.3 is 5.97 Å². The summed E-state index contributed by atoms with van der Waals surface area (Å²) in [6.07, 6.45) is 0. The van der Waals surface area contributed by atoms with Crippen LogP contribution in [-0.4, -0.2) is 19.5 Å². The number of carboxylic acids is 1. The van der Waals surface area contributed by atoms with Gasteiger partial charge in [-0.2, -0.15) is 0 Å². The van der Waals surface area contributed by atoms with Crippen LogP contribution in [0, 0.1) is 0 Å². The van der Waals surface area contributed by atoms with Crippen LogP contribution in [-0.2, 0) is 15.8 Å². The van der Waals surface area contributed by atoms with Crippen molar-refractivity contribution < 1.29 is 18.3 Å². The number of anilines is 1. The van der Waals surface area contributed by atoms with Gasteiger partial charge in [0, 0.05) is 0 Å². The molecule has 3 rings (SSSR count). The molecule has 0 saturated heterocycles. The largest absolute Gasteiger partial charge is 0.478 e. The predicted octanol–water partition coefficient (Wildman–Crippen LogP) is 3.99. The Labute approximate surface area is 152 Å². The van der Waals surface area contributed by atoms with E-state index in [1.165, 1.54) is 6.07 Å². The molecule has 0 saturated carbocycles. The Morgan fingerprint density at radius 1 is 0.846 bits per heavy atom. The molecule has 3 aromatic carbocycles. The molecule has 3 aromatic rings. The minimum Gasteiger partial charge on any atom is -0.478 e. The second-order valence-corrected chi connectivity index (χ2v) is 7.50. The van der Waals surface area contributed by atoms with Gasteiger partial charge in [-0.1, -0.05) is 66.7 Å². The zero-order chi connectivity index (χ0) is 18.6. The molecule has 0 aliphatic heterocycles.